The van der Waals surface area contributed by atoms with Gasteiger partial charge in [0, 0.05) is 60.2 Å². The van der Waals surface area contributed by atoms with Crippen LogP contribution in [0.2, 0.25) is 0 Å². The highest BCUT2D eigenvalue weighted by Gasteiger charge is 2.20. The first kappa shape index (κ1) is 30.6. The average molecular weight is 694 g/mol. The number of rotatable bonds is 3. The van der Waals surface area contributed by atoms with Crippen molar-refractivity contribution in [2.75, 3.05) is 0 Å². The number of fused-ring (bicyclic) bond motifs is 12. The number of nitrogens with zero attached hydrogens (tertiary/aromatic N) is 3. The minimum absolute atomic E-state index is 0.902. The molecule has 0 amide bonds. The third kappa shape index (κ3) is 4.25. The van der Waals surface area contributed by atoms with Crippen LogP contribution in [0.25, 0.3) is 104 Å². The Balaban J connectivity index is 0.00000168. The molecule has 8 aromatic carbocycles. The van der Waals surface area contributed by atoms with Crippen LogP contribution in [0.1, 0.15) is 13.8 Å². The minimum atomic E-state index is 0.902. The van der Waals surface area contributed by atoms with E-state index in [2.05, 4.69) is 177 Å². The Morgan fingerprint density at radius 2 is 0.667 bits per heavy atom. The first-order valence-electron chi connectivity index (χ1n) is 18.8. The molecule has 0 unspecified atom stereocenters. The molecular weight excluding hydrogens is 659 g/mol. The molecule has 0 aliphatic rings. The highest BCUT2D eigenvalue weighted by atomic mass is 16.3. The molecule has 0 radical (unpaired) electrons. The maximum absolute atomic E-state index is 6.21. The van der Waals surface area contributed by atoms with Crippen LogP contribution in [0.5, 0.6) is 0 Å². The normalized spacial score (nSPS) is 11.9. The summed E-state index contributed by atoms with van der Waals surface area (Å²) in [6.07, 6.45) is 0. The van der Waals surface area contributed by atoms with E-state index in [0.29, 0.717) is 0 Å². The van der Waals surface area contributed by atoms with Crippen LogP contribution in [0.15, 0.2) is 180 Å². The standard InChI is InChI=1S/C48H29N3O.C2H6/c1-6-19-41-33(14-1)34-15-2-7-20-42(34)49(41)30-12-11-13-31(26-30)50-43-21-8-3-16-35(43)38-29-46-39(28-45(38)50)36-17-4-9-22-44(36)51(46)32-24-25-48-40(27-32)37-18-5-10-23-47(37)52-48;1-2/h1-29H;1-2H3. The fourth-order valence-electron chi connectivity index (χ4n) is 8.81. The van der Waals surface area contributed by atoms with E-state index in [4.69, 9.17) is 4.42 Å². The molecular formula is C50H35N3O. The summed E-state index contributed by atoms with van der Waals surface area (Å²) in [5, 5.41) is 9.70. The summed E-state index contributed by atoms with van der Waals surface area (Å²) in [4.78, 5) is 0. The van der Waals surface area contributed by atoms with Gasteiger partial charge in [-0.2, -0.15) is 0 Å². The molecule has 0 saturated heterocycles. The molecule has 4 aromatic heterocycles. The van der Waals surface area contributed by atoms with Crippen molar-refractivity contribution in [3.8, 4) is 17.1 Å². The highest BCUT2D eigenvalue weighted by molar-refractivity contribution is 6.19. The highest BCUT2D eigenvalue weighted by Crippen LogP contribution is 2.41. The Kier molecular flexibility index (Phi) is 6.65. The number of aromatic nitrogens is 3. The maximum Gasteiger partial charge on any atom is 0.135 e. The molecule has 54 heavy (non-hydrogen) atoms. The zero-order valence-electron chi connectivity index (χ0n) is 30.0. The molecule has 0 aliphatic heterocycles. The summed E-state index contributed by atoms with van der Waals surface area (Å²) in [6, 6.07) is 63.6. The maximum atomic E-state index is 6.21. The van der Waals surface area contributed by atoms with Gasteiger partial charge in [-0.3, -0.25) is 0 Å². The van der Waals surface area contributed by atoms with E-state index in [9.17, 15) is 0 Å². The van der Waals surface area contributed by atoms with Gasteiger partial charge in [0.2, 0.25) is 0 Å². The molecule has 0 fully saturated rings. The van der Waals surface area contributed by atoms with Gasteiger partial charge in [0.1, 0.15) is 11.2 Å². The lowest BCUT2D eigenvalue weighted by Crippen LogP contribution is -1.98. The SMILES string of the molecule is CC.c1cc(-n2c3ccccc3c3ccccc32)cc(-n2c3ccccc3c3cc4c(cc32)c2ccccc2n4-c2ccc3oc4ccccc4c3c2)c1. The number of furan rings is 1. The number of hydrogen-bond acceptors (Lipinski definition) is 1. The van der Waals surface area contributed by atoms with Crippen LogP contribution in [0, 0.1) is 0 Å². The summed E-state index contributed by atoms with van der Waals surface area (Å²) in [7, 11) is 0. The van der Waals surface area contributed by atoms with Crippen LogP contribution < -0.4 is 0 Å². The quantitative estimate of drug-likeness (QED) is 0.181. The van der Waals surface area contributed by atoms with Gasteiger partial charge < -0.3 is 18.1 Å². The van der Waals surface area contributed by atoms with Crippen LogP contribution in [-0.4, -0.2) is 13.7 Å². The van der Waals surface area contributed by atoms with Crippen molar-refractivity contribution in [2.45, 2.75) is 13.8 Å². The van der Waals surface area contributed by atoms with E-state index in [1.165, 1.54) is 65.4 Å². The van der Waals surface area contributed by atoms with Crippen LogP contribution in [0.3, 0.4) is 0 Å². The molecule has 256 valence electrons. The molecule has 4 nitrogen and oxygen atoms in total. The molecule has 0 spiro atoms. The predicted octanol–water partition coefficient (Wildman–Crippen LogP) is 13.9. The van der Waals surface area contributed by atoms with Gasteiger partial charge in [0.05, 0.1) is 33.1 Å². The van der Waals surface area contributed by atoms with Crippen molar-refractivity contribution in [1.29, 1.82) is 0 Å². The van der Waals surface area contributed by atoms with Gasteiger partial charge in [-0.15, -0.1) is 0 Å². The average Bonchev–Trinajstić information content (AvgIpc) is 3.97. The Bertz CT molecular complexity index is 3370. The zero-order valence-corrected chi connectivity index (χ0v) is 30.0. The molecule has 0 atom stereocenters. The third-order valence-electron chi connectivity index (χ3n) is 11.0. The second-order valence-electron chi connectivity index (χ2n) is 13.8. The molecule has 0 aliphatic carbocycles. The summed E-state index contributed by atoms with van der Waals surface area (Å²) in [6.45, 7) is 4.00. The van der Waals surface area contributed by atoms with Crippen LogP contribution in [-0.2, 0) is 0 Å². The molecule has 12 aromatic rings. The van der Waals surface area contributed by atoms with Crippen molar-refractivity contribution >= 4 is 87.4 Å². The minimum Gasteiger partial charge on any atom is -0.456 e. The second-order valence-corrected chi connectivity index (χ2v) is 13.8. The molecule has 12 rings (SSSR count). The van der Waals surface area contributed by atoms with Crippen molar-refractivity contribution < 1.29 is 4.42 Å². The Morgan fingerprint density at radius 1 is 0.278 bits per heavy atom. The van der Waals surface area contributed by atoms with Crippen molar-refractivity contribution in [2.24, 2.45) is 0 Å². The van der Waals surface area contributed by atoms with Crippen molar-refractivity contribution in [3.05, 3.63) is 176 Å². The summed E-state index contributed by atoms with van der Waals surface area (Å²) < 4.78 is 13.5. The van der Waals surface area contributed by atoms with E-state index in [-0.39, 0.29) is 0 Å². The lowest BCUT2D eigenvalue weighted by atomic mass is 10.1. The van der Waals surface area contributed by atoms with Gasteiger partial charge in [-0.05, 0) is 78.9 Å². The fourth-order valence-corrected chi connectivity index (χ4v) is 8.81. The number of para-hydroxylation sites is 5. The second kappa shape index (κ2) is 11.7. The van der Waals surface area contributed by atoms with E-state index >= 15 is 0 Å². The summed E-state index contributed by atoms with van der Waals surface area (Å²) >= 11 is 0. The number of benzene rings is 8. The monoisotopic (exact) mass is 693 g/mol. The third-order valence-corrected chi connectivity index (χ3v) is 11.0. The first-order valence-corrected chi connectivity index (χ1v) is 18.8. The van der Waals surface area contributed by atoms with E-state index in [0.717, 1.165) is 39.0 Å². The molecule has 0 bridgehead atoms. The van der Waals surface area contributed by atoms with Gasteiger partial charge in [-0.1, -0.05) is 111 Å². The van der Waals surface area contributed by atoms with Gasteiger partial charge in [0.15, 0.2) is 0 Å². The van der Waals surface area contributed by atoms with Crippen LogP contribution >= 0.6 is 0 Å². The van der Waals surface area contributed by atoms with Gasteiger partial charge in [-0.25, -0.2) is 0 Å². The lowest BCUT2D eigenvalue weighted by molar-refractivity contribution is 0.669. The first-order chi connectivity index (χ1) is 26.8. The molecule has 4 heteroatoms. The largest absolute Gasteiger partial charge is 0.456 e. The van der Waals surface area contributed by atoms with Crippen molar-refractivity contribution in [3.63, 3.8) is 0 Å². The Hall–Kier alpha value is -7.04. The van der Waals surface area contributed by atoms with E-state index < -0.39 is 0 Å². The zero-order chi connectivity index (χ0) is 35.9. The summed E-state index contributed by atoms with van der Waals surface area (Å²) in [5.74, 6) is 0. The Labute approximate surface area is 311 Å². The predicted molar refractivity (Wildman–Crippen MR) is 228 cm³/mol. The van der Waals surface area contributed by atoms with E-state index in [1.54, 1.807) is 0 Å². The summed E-state index contributed by atoms with van der Waals surface area (Å²) in [5.41, 5.74) is 12.4. The van der Waals surface area contributed by atoms with Gasteiger partial charge in [0.25, 0.3) is 0 Å². The molecule has 4 heterocycles. The lowest BCUT2D eigenvalue weighted by Gasteiger charge is -2.13. The number of hydrogen-bond donors (Lipinski definition) is 0. The van der Waals surface area contributed by atoms with E-state index in [1.807, 2.05) is 26.0 Å². The Morgan fingerprint density at radius 3 is 1.19 bits per heavy atom. The van der Waals surface area contributed by atoms with Gasteiger partial charge >= 0.3 is 0 Å². The molecule has 0 N–H and O–H groups in total. The van der Waals surface area contributed by atoms with Crippen LogP contribution in [0.4, 0.5) is 0 Å². The topological polar surface area (TPSA) is 27.9 Å². The smallest absolute Gasteiger partial charge is 0.135 e. The molecule has 0 saturated carbocycles. The fraction of sp³-hybridized carbons (Fsp3) is 0.0400. The van der Waals surface area contributed by atoms with Crippen molar-refractivity contribution in [1.82, 2.24) is 13.7 Å².